The van der Waals surface area contributed by atoms with E-state index in [0.29, 0.717) is 16.9 Å². The fourth-order valence-corrected chi connectivity index (χ4v) is 4.26. The van der Waals surface area contributed by atoms with Crippen LogP contribution >= 0.6 is 0 Å². The zero-order chi connectivity index (χ0) is 24.6. The lowest BCUT2D eigenvalue weighted by Crippen LogP contribution is -2.35. The number of ether oxygens (including phenoxy) is 2. The monoisotopic (exact) mass is 438 g/mol. The SMILES string of the molecule is COC1=C(C)C(C(=O)OC(C)(C)C)=C(C)C(C)(C)C1C=CC(=O)c1cc(C)c(C)cc1C. The fraction of sp³-hybridized carbons (Fsp3) is 0.500. The van der Waals surface area contributed by atoms with E-state index in [2.05, 4.69) is 13.8 Å². The number of aryl methyl sites for hydroxylation is 3. The largest absolute Gasteiger partial charge is 0.500 e. The second kappa shape index (κ2) is 9.09. The summed E-state index contributed by atoms with van der Waals surface area (Å²) in [5, 5.41) is 0. The Labute approximate surface area is 193 Å². The summed E-state index contributed by atoms with van der Waals surface area (Å²) < 4.78 is 11.5. The molecular formula is C28H38O4. The smallest absolute Gasteiger partial charge is 0.339 e. The average molecular weight is 439 g/mol. The van der Waals surface area contributed by atoms with Gasteiger partial charge in [-0.15, -0.1) is 0 Å². The van der Waals surface area contributed by atoms with Crippen LogP contribution in [0.5, 0.6) is 0 Å². The molecule has 0 saturated carbocycles. The highest BCUT2D eigenvalue weighted by Gasteiger charge is 2.42. The van der Waals surface area contributed by atoms with E-state index in [0.717, 1.165) is 22.3 Å². The third kappa shape index (κ3) is 5.06. The van der Waals surface area contributed by atoms with Crippen molar-refractivity contribution >= 4 is 11.8 Å². The first-order valence-corrected chi connectivity index (χ1v) is 11.1. The summed E-state index contributed by atoms with van der Waals surface area (Å²) in [4.78, 5) is 26.0. The van der Waals surface area contributed by atoms with Crippen molar-refractivity contribution in [2.45, 2.75) is 74.8 Å². The normalized spacial score (nSPS) is 18.9. The topological polar surface area (TPSA) is 52.6 Å². The van der Waals surface area contributed by atoms with Gasteiger partial charge in [0, 0.05) is 17.1 Å². The van der Waals surface area contributed by atoms with Gasteiger partial charge in [0.1, 0.15) is 11.4 Å². The van der Waals surface area contributed by atoms with Gasteiger partial charge in [0.25, 0.3) is 0 Å². The van der Waals surface area contributed by atoms with Crippen molar-refractivity contribution in [3.63, 3.8) is 0 Å². The second-order valence-electron chi connectivity index (χ2n) is 10.4. The number of methoxy groups -OCH3 is 1. The zero-order valence-electron chi connectivity index (χ0n) is 21.5. The molecule has 1 atom stereocenters. The molecule has 1 aliphatic carbocycles. The van der Waals surface area contributed by atoms with Crippen LogP contribution in [0.2, 0.25) is 0 Å². The van der Waals surface area contributed by atoms with Gasteiger partial charge in [0.05, 0.1) is 12.7 Å². The van der Waals surface area contributed by atoms with Crippen LogP contribution in [0.25, 0.3) is 0 Å². The highest BCUT2D eigenvalue weighted by molar-refractivity contribution is 6.05. The maximum absolute atomic E-state index is 13.0. The molecule has 0 heterocycles. The van der Waals surface area contributed by atoms with Crippen LogP contribution in [0.1, 0.15) is 75.5 Å². The third-order valence-corrected chi connectivity index (χ3v) is 6.52. The molecule has 0 amide bonds. The van der Waals surface area contributed by atoms with Crippen molar-refractivity contribution in [1.29, 1.82) is 0 Å². The number of esters is 1. The molecule has 0 saturated heterocycles. The van der Waals surface area contributed by atoms with Gasteiger partial charge >= 0.3 is 5.97 Å². The molecule has 0 bridgehead atoms. The van der Waals surface area contributed by atoms with Gasteiger partial charge in [0.15, 0.2) is 5.78 Å². The molecule has 1 aliphatic rings. The molecule has 4 nitrogen and oxygen atoms in total. The first-order valence-electron chi connectivity index (χ1n) is 11.1. The number of benzene rings is 1. The Hall–Kier alpha value is -2.62. The van der Waals surface area contributed by atoms with Crippen molar-refractivity contribution < 1.29 is 19.1 Å². The van der Waals surface area contributed by atoms with Gasteiger partial charge in [0.2, 0.25) is 0 Å². The van der Waals surface area contributed by atoms with E-state index in [1.807, 2.05) is 73.6 Å². The van der Waals surface area contributed by atoms with E-state index < -0.39 is 11.0 Å². The summed E-state index contributed by atoms with van der Waals surface area (Å²) >= 11 is 0. The van der Waals surface area contributed by atoms with Crippen LogP contribution in [0, 0.1) is 32.1 Å². The Morgan fingerprint density at radius 2 is 1.53 bits per heavy atom. The van der Waals surface area contributed by atoms with Crippen molar-refractivity contribution in [3.8, 4) is 0 Å². The Kier molecular flexibility index (Phi) is 7.28. The summed E-state index contributed by atoms with van der Waals surface area (Å²) in [5.74, 6) is 0.116. The quantitative estimate of drug-likeness (QED) is 0.296. The van der Waals surface area contributed by atoms with Crippen LogP contribution in [0.4, 0.5) is 0 Å². The highest BCUT2D eigenvalue weighted by atomic mass is 16.6. The van der Waals surface area contributed by atoms with E-state index in [-0.39, 0.29) is 17.7 Å². The van der Waals surface area contributed by atoms with Crippen LogP contribution in [-0.2, 0) is 14.3 Å². The van der Waals surface area contributed by atoms with E-state index in [1.54, 1.807) is 13.2 Å². The number of hydrogen-bond acceptors (Lipinski definition) is 4. The Bertz CT molecular complexity index is 1030. The van der Waals surface area contributed by atoms with Crippen LogP contribution < -0.4 is 0 Å². The Morgan fingerprint density at radius 1 is 0.969 bits per heavy atom. The maximum atomic E-state index is 13.0. The number of carbonyl (C=O) groups excluding carboxylic acids is 2. The molecule has 0 aliphatic heterocycles. The maximum Gasteiger partial charge on any atom is 0.339 e. The van der Waals surface area contributed by atoms with Gasteiger partial charge in [-0.25, -0.2) is 4.79 Å². The van der Waals surface area contributed by atoms with E-state index in [9.17, 15) is 9.59 Å². The number of hydrogen-bond donors (Lipinski definition) is 0. The lowest BCUT2D eigenvalue weighted by atomic mass is 9.66. The molecule has 0 fully saturated rings. The van der Waals surface area contributed by atoms with Crippen molar-refractivity contribution in [1.82, 2.24) is 0 Å². The first-order chi connectivity index (χ1) is 14.6. The van der Waals surface area contributed by atoms with Gasteiger partial charge in [-0.2, -0.15) is 0 Å². The molecule has 1 aromatic carbocycles. The zero-order valence-corrected chi connectivity index (χ0v) is 21.5. The highest BCUT2D eigenvalue weighted by Crippen LogP contribution is 2.48. The first kappa shape index (κ1) is 25.6. The molecule has 0 spiro atoms. The van der Waals surface area contributed by atoms with Crippen molar-refractivity contribution in [3.05, 3.63) is 69.0 Å². The van der Waals surface area contributed by atoms with E-state index >= 15 is 0 Å². The molecule has 2 rings (SSSR count). The molecule has 32 heavy (non-hydrogen) atoms. The minimum absolute atomic E-state index is 0.0333. The van der Waals surface area contributed by atoms with Gasteiger partial charge in [-0.1, -0.05) is 31.6 Å². The molecule has 0 aromatic heterocycles. The molecule has 174 valence electrons. The molecule has 0 N–H and O–H groups in total. The summed E-state index contributed by atoms with van der Waals surface area (Å²) in [6.45, 7) is 19.6. The minimum atomic E-state index is -0.588. The summed E-state index contributed by atoms with van der Waals surface area (Å²) in [7, 11) is 1.61. The van der Waals surface area contributed by atoms with E-state index in [1.165, 1.54) is 5.56 Å². The predicted octanol–water partition coefficient (Wildman–Crippen LogP) is 6.59. The molecule has 1 unspecified atom stereocenters. The summed E-state index contributed by atoms with van der Waals surface area (Å²) in [5.41, 5.74) is 5.15. The molecule has 1 aromatic rings. The lowest BCUT2D eigenvalue weighted by molar-refractivity contribution is -0.149. The third-order valence-electron chi connectivity index (χ3n) is 6.52. The number of ketones is 1. The fourth-order valence-electron chi connectivity index (χ4n) is 4.26. The summed E-state index contributed by atoms with van der Waals surface area (Å²) in [6.07, 6.45) is 3.55. The Balaban J connectivity index is 2.49. The van der Waals surface area contributed by atoms with Crippen LogP contribution in [0.3, 0.4) is 0 Å². The number of allylic oxidation sites excluding steroid dienone is 3. The Morgan fingerprint density at radius 3 is 2.06 bits per heavy atom. The molecule has 4 heteroatoms. The number of carbonyl (C=O) groups is 2. The molecule has 0 radical (unpaired) electrons. The predicted molar refractivity (Wildman–Crippen MR) is 130 cm³/mol. The van der Waals surface area contributed by atoms with Crippen LogP contribution in [-0.4, -0.2) is 24.5 Å². The van der Waals surface area contributed by atoms with Crippen molar-refractivity contribution in [2.24, 2.45) is 11.3 Å². The second-order valence-corrected chi connectivity index (χ2v) is 10.4. The lowest BCUT2D eigenvalue weighted by Gasteiger charge is -2.40. The van der Waals surface area contributed by atoms with Gasteiger partial charge < -0.3 is 9.47 Å². The van der Waals surface area contributed by atoms with E-state index in [4.69, 9.17) is 9.47 Å². The average Bonchev–Trinajstić information content (AvgIpc) is 2.65. The summed E-state index contributed by atoms with van der Waals surface area (Å²) in [6, 6.07) is 4.00. The van der Waals surface area contributed by atoms with Gasteiger partial charge in [-0.05, 0) is 89.6 Å². The van der Waals surface area contributed by atoms with Gasteiger partial charge in [-0.3, -0.25) is 4.79 Å². The standard InChI is InChI=1S/C28H38O4/c1-16-14-18(3)21(15-17(16)2)23(29)13-12-22-25(31-11)19(4)24(20(5)28(22,9)10)26(30)32-27(6,7)8/h12-15,22H,1-11H3. The van der Waals surface area contributed by atoms with Crippen molar-refractivity contribution in [2.75, 3.05) is 7.11 Å². The minimum Gasteiger partial charge on any atom is -0.500 e. The number of rotatable bonds is 5. The van der Waals surface area contributed by atoms with Crippen LogP contribution in [0.15, 0.2) is 46.8 Å². The molecular weight excluding hydrogens is 400 g/mol.